The van der Waals surface area contributed by atoms with Crippen molar-refractivity contribution in [2.45, 2.75) is 39.5 Å². The van der Waals surface area contributed by atoms with Crippen LogP contribution in [0.4, 0.5) is 4.79 Å². The summed E-state index contributed by atoms with van der Waals surface area (Å²) in [7, 11) is 1.69. The Hall–Kier alpha value is -2.56. The third-order valence-corrected chi connectivity index (χ3v) is 4.04. The number of carbonyl (C=O) groups excluding carboxylic acids is 1. The molecule has 3 N–H and O–H groups in total. The van der Waals surface area contributed by atoms with Crippen molar-refractivity contribution in [2.75, 3.05) is 20.1 Å². The molecular weight excluding hydrogens is 509 g/mol. The Morgan fingerprint density at radius 2 is 1.65 bits per heavy atom. The number of benzene rings is 1. The summed E-state index contributed by atoms with van der Waals surface area (Å²) < 4.78 is 6.86. The number of alkyl carbamates (subject to hydrolysis) is 1. The topological polar surface area (TPSA) is 96.8 Å². The third-order valence-electron chi connectivity index (χ3n) is 4.04. The van der Waals surface area contributed by atoms with Gasteiger partial charge in [-0.15, -0.1) is 24.0 Å². The van der Waals surface area contributed by atoms with Crippen LogP contribution in [0.1, 0.15) is 31.9 Å². The molecule has 0 aliphatic heterocycles. The Labute approximate surface area is 200 Å². The molecule has 0 radical (unpaired) electrons. The maximum absolute atomic E-state index is 11.8. The molecule has 170 valence electrons. The molecule has 0 atom stereocenters. The summed E-state index contributed by atoms with van der Waals surface area (Å²) in [6.07, 6.45) is 1.34. The number of aromatic nitrogens is 1. The summed E-state index contributed by atoms with van der Waals surface area (Å²) >= 11 is 0. The SMILES string of the molecule is CN=C(NCCNC(=O)OC(C)(C)C)NCc1ccc(Cn2ccccc2=O)cc1.I. The minimum atomic E-state index is -0.512. The van der Waals surface area contributed by atoms with Crippen LogP contribution in [0.2, 0.25) is 0 Å². The standard InChI is InChI=1S/C22H31N5O3.HI/c1-22(2,3)30-21(29)25-13-12-24-20(23-4)26-15-17-8-10-18(11-9-17)16-27-14-6-5-7-19(27)28;/h5-11,14H,12-13,15-16H2,1-4H3,(H,25,29)(H2,23,24,26);1H. The number of hydrogen-bond donors (Lipinski definition) is 3. The summed E-state index contributed by atoms with van der Waals surface area (Å²) in [6.45, 7) is 7.55. The van der Waals surface area contributed by atoms with Crippen LogP contribution in [0, 0.1) is 0 Å². The number of halogens is 1. The molecule has 1 heterocycles. The molecule has 0 saturated heterocycles. The van der Waals surface area contributed by atoms with Gasteiger partial charge >= 0.3 is 6.09 Å². The number of hydrogen-bond acceptors (Lipinski definition) is 4. The minimum Gasteiger partial charge on any atom is -0.444 e. The number of rotatable bonds is 7. The van der Waals surface area contributed by atoms with Gasteiger partial charge < -0.3 is 25.3 Å². The molecule has 1 aromatic carbocycles. The van der Waals surface area contributed by atoms with Crippen molar-refractivity contribution in [1.82, 2.24) is 20.5 Å². The molecule has 0 aliphatic rings. The Balaban J connectivity index is 0.00000480. The molecule has 0 aliphatic carbocycles. The summed E-state index contributed by atoms with van der Waals surface area (Å²) in [5, 5.41) is 9.06. The van der Waals surface area contributed by atoms with Crippen LogP contribution in [-0.4, -0.2) is 42.4 Å². The van der Waals surface area contributed by atoms with Gasteiger partial charge in [-0.25, -0.2) is 4.79 Å². The fourth-order valence-corrected chi connectivity index (χ4v) is 2.62. The highest BCUT2D eigenvalue weighted by Crippen LogP contribution is 2.06. The number of amides is 1. The van der Waals surface area contributed by atoms with Gasteiger partial charge in [0.05, 0.1) is 6.54 Å². The first kappa shape index (κ1) is 26.5. The maximum atomic E-state index is 11.8. The van der Waals surface area contributed by atoms with E-state index in [1.807, 2.05) is 51.1 Å². The number of pyridine rings is 1. The number of aliphatic imine (C=N–C) groups is 1. The van der Waals surface area contributed by atoms with E-state index in [1.54, 1.807) is 29.9 Å². The molecule has 8 nitrogen and oxygen atoms in total. The monoisotopic (exact) mass is 541 g/mol. The van der Waals surface area contributed by atoms with Gasteiger partial charge in [0.25, 0.3) is 5.56 Å². The van der Waals surface area contributed by atoms with Crippen molar-refractivity contribution in [3.8, 4) is 0 Å². The van der Waals surface area contributed by atoms with Crippen molar-refractivity contribution in [2.24, 2.45) is 4.99 Å². The quantitative estimate of drug-likeness (QED) is 0.217. The molecule has 0 unspecified atom stereocenters. The van der Waals surface area contributed by atoms with Crippen LogP contribution in [0.3, 0.4) is 0 Å². The lowest BCUT2D eigenvalue weighted by Crippen LogP contribution is -2.42. The van der Waals surface area contributed by atoms with E-state index in [0.717, 1.165) is 11.1 Å². The molecule has 0 bridgehead atoms. The van der Waals surface area contributed by atoms with Crippen LogP contribution in [-0.2, 0) is 17.8 Å². The molecule has 0 saturated carbocycles. The first-order chi connectivity index (χ1) is 14.3. The van der Waals surface area contributed by atoms with Crippen LogP contribution in [0.25, 0.3) is 0 Å². The van der Waals surface area contributed by atoms with Crippen molar-refractivity contribution in [1.29, 1.82) is 0 Å². The van der Waals surface area contributed by atoms with Gasteiger partial charge in [0.2, 0.25) is 0 Å². The number of nitrogens with zero attached hydrogens (tertiary/aromatic N) is 2. The van der Waals surface area contributed by atoms with Gasteiger partial charge in [-0.2, -0.15) is 0 Å². The van der Waals surface area contributed by atoms with E-state index in [0.29, 0.717) is 32.1 Å². The van der Waals surface area contributed by atoms with Crippen molar-refractivity contribution >= 4 is 36.0 Å². The molecule has 2 rings (SSSR count). The van der Waals surface area contributed by atoms with Gasteiger partial charge in [-0.05, 0) is 38.0 Å². The van der Waals surface area contributed by atoms with E-state index >= 15 is 0 Å². The first-order valence-corrected chi connectivity index (χ1v) is 9.91. The molecule has 9 heteroatoms. The van der Waals surface area contributed by atoms with Gasteiger partial charge in [-0.3, -0.25) is 9.79 Å². The number of guanidine groups is 1. The highest BCUT2D eigenvalue weighted by Gasteiger charge is 2.15. The van der Waals surface area contributed by atoms with Crippen LogP contribution >= 0.6 is 24.0 Å². The number of carbonyl (C=O) groups is 1. The van der Waals surface area contributed by atoms with Crippen LogP contribution in [0.5, 0.6) is 0 Å². The Bertz CT molecular complexity index is 904. The minimum absolute atomic E-state index is 0. The Morgan fingerprint density at radius 3 is 2.26 bits per heavy atom. The second kappa shape index (κ2) is 13.0. The Morgan fingerprint density at radius 1 is 1.00 bits per heavy atom. The van der Waals surface area contributed by atoms with Crippen LogP contribution in [0.15, 0.2) is 58.4 Å². The fourth-order valence-electron chi connectivity index (χ4n) is 2.62. The maximum Gasteiger partial charge on any atom is 0.407 e. The zero-order valence-electron chi connectivity index (χ0n) is 18.5. The predicted octanol–water partition coefficient (Wildman–Crippen LogP) is 2.70. The summed E-state index contributed by atoms with van der Waals surface area (Å²) in [5.41, 5.74) is 1.62. The zero-order valence-corrected chi connectivity index (χ0v) is 20.8. The van der Waals surface area contributed by atoms with E-state index in [9.17, 15) is 9.59 Å². The van der Waals surface area contributed by atoms with Gasteiger partial charge in [0.1, 0.15) is 5.60 Å². The van der Waals surface area contributed by atoms with E-state index < -0.39 is 11.7 Å². The highest BCUT2D eigenvalue weighted by molar-refractivity contribution is 14.0. The largest absolute Gasteiger partial charge is 0.444 e. The fraction of sp³-hybridized carbons (Fsp3) is 0.409. The summed E-state index contributed by atoms with van der Waals surface area (Å²) in [4.78, 5) is 27.6. The summed E-state index contributed by atoms with van der Waals surface area (Å²) in [5.74, 6) is 0.640. The summed E-state index contributed by atoms with van der Waals surface area (Å²) in [6, 6.07) is 13.2. The molecule has 2 aromatic rings. The second-order valence-electron chi connectivity index (χ2n) is 7.76. The molecule has 31 heavy (non-hydrogen) atoms. The van der Waals surface area contributed by atoms with Crippen molar-refractivity contribution < 1.29 is 9.53 Å². The predicted molar refractivity (Wildman–Crippen MR) is 134 cm³/mol. The zero-order chi connectivity index (χ0) is 22.0. The number of nitrogens with one attached hydrogen (secondary N) is 3. The average molecular weight is 541 g/mol. The smallest absolute Gasteiger partial charge is 0.407 e. The first-order valence-electron chi connectivity index (χ1n) is 9.91. The molecular formula is C22H32IN5O3. The van der Waals surface area contributed by atoms with E-state index in [1.165, 1.54) is 0 Å². The molecule has 0 fully saturated rings. The van der Waals surface area contributed by atoms with E-state index in [-0.39, 0.29) is 29.5 Å². The highest BCUT2D eigenvalue weighted by atomic mass is 127. The van der Waals surface area contributed by atoms with Crippen LogP contribution < -0.4 is 21.5 Å². The third kappa shape index (κ3) is 10.3. The molecule has 0 spiro atoms. The normalized spacial score (nSPS) is 11.3. The van der Waals surface area contributed by atoms with Crippen molar-refractivity contribution in [3.63, 3.8) is 0 Å². The average Bonchev–Trinajstić information content (AvgIpc) is 2.69. The lowest BCUT2D eigenvalue weighted by Gasteiger charge is -2.20. The molecule has 1 amide bonds. The van der Waals surface area contributed by atoms with Gasteiger partial charge in [-0.1, -0.05) is 30.3 Å². The number of ether oxygens (including phenoxy) is 1. The van der Waals surface area contributed by atoms with E-state index in [4.69, 9.17) is 4.74 Å². The lowest BCUT2D eigenvalue weighted by atomic mass is 10.1. The molecule has 1 aromatic heterocycles. The lowest BCUT2D eigenvalue weighted by molar-refractivity contribution is 0.0529. The van der Waals surface area contributed by atoms with Gasteiger partial charge in [0, 0.05) is 38.9 Å². The second-order valence-corrected chi connectivity index (χ2v) is 7.76. The van der Waals surface area contributed by atoms with E-state index in [2.05, 4.69) is 20.9 Å². The van der Waals surface area contributed by atoms with Gasteiger partial charge in [0.15, 0.2) is 5.96 Å². The Kier molecular flexibility index (Phi) is 11.1. The van der Waals surface area contributed by atoms with Crippen molar-refractivity contribution in [3.05, 3.63) is 70.1 Å².